The predicted molar refractivity (Wildman–Crippen MR) is 133 cm³/mol. The summed E-state index contributed by atoms with van der Waals surface area (Å²) < 4.78 is 6.92. The van der Waals surface area contributed by atoms with Crippen molar-refractivity contribution in [1.82, 2.24) is 0 Å². The Morgan fingerprint density at radius 3 is 2.29 bits per heavy atom. The standard InChI is InChI=1S/C31H48O3/c1-25(2)12-14-30-15-13-29(7)28(6)11-8-18-26(3,4)20(32)9-10-27(18,5)23(28)22-24(34-22)31(29,17-21(30)33)19(30)16-25/h18-20,22-24,32H,8-17H2,1-7H3. The summed E-state index contributed by atoms with van der Waals surface area (Å²) in [6.07, 6.45) is 11.6. The largest absolute Gasteiger partial charge is 0.393 e. The van der Waals surface area contributed by atoms with Crippen molar-refractivity contribution in [3.63, 3.8) is 0 Å². The van der Waals surface area contributed by atoms with E-state index in [1.807, 2.05) is 0 Å². The van der Waals surface area contributed by atoms with Gasteiger partial charge in [-0.15, -0.1) is 0 Å². The summed E-state index contributed by atoms with van der Waals surface area (Å²) in [7, 11) is 0. The van der Waals surface area contributed by atoms with Gasteiger partial charge in [-0.05, 0) is 103 Å². The molecule has 7 rings (SSSR count). The smallest absolute Gasteiger partial charge is 0.140 e. The van der Waals surface area contributed by atoms with Gasteiger partial charge in [-0.1, -0.05) is 48.5 Å². The van der Waals surface area contributed by atoms with Gasteiger partial charge in [-0.25, -0.2) is 0 Å². The summed E-state index contributed by atoms with van der Waals surface area (Å²) in [5, 5.41) is 11.0. The number of hydrogen-bond acceptors (Lipinski definition) is 3. The molecule has 7 aliphatic rings. The van der Waals surface area contributed by atoms with Crippen LogP contribution in [-0.4, -0.2) is 29.2 Å². The molecular formula is C31H48O3. The van der Waals surface area contributed by atoms with Crippen molar-refractivity contribution in [3.8, 4) is 0 Å². The first kappa shape index (κ1) is 22.8. The number of carbonyl (C=O) groups excluding carboxylic acids is 1. The second-order valence-electron chi connectivity index (χ2n) is 16.4. The predicted octanol–water partition coefficient (Wildman–Crippen LogP) is 6.56. The lowest BCUT2D eigenvalue weighted by atomic mass is 9.29. The topological polar surface area (TPSA) is 49.8 Å². The van der Waals surface area contributed by atoms with Crippen LogP contribution in [0.1, 0.15) is 113 Å². The van der Waals surface area contributed by atoms with Gasteiger partial charge in [0.05, 0.1) is 18.3 Å². The third kappa shape index (κ3) is 2.14. The van der Waals surface area contributed by atoms with E-state index in [1.165, 1.54) is 32.1 Å². The van der Waals surface area contributed by atoms with Crippen molar-refractivity contribution in [2.24, 2.45) is 55.7 Å². The molecule has 0 amide bonds. The third-order valence-corrected chi connectivity index (χ3v) is 14.9. The van der Waals surface area contributed by atoms with Crippen LogP contribution in [0.25, 0.3) is 0 Å². The average Bonchev–Trinajstić information content (AvgIpc) is 3.49. The number of ether oxygens (including phenoxy) is 1. The molecule has 190 valence electrons. The second kappa shape index (κ2) is 6.01. The highest BCUT2D eigenvalue weighted by Crippen LogP contribution is 2.86. The summed E-state index contributed by atoms with van der Waals surface area (Å²) in [4.78, 5) is 14.0. The van der Waals surface area contributed by atoms with Gasteiger partial charge in [0.15, 0.2) is 0 Å². The number of ketones is 1. The van der Waals surface area contributed by atoms with Crippen molar-refractivity contribution < 1.29 is 14.6 Å². The summed E-state index contributed by atoms with van der Waals surface area (Å²) >= 11 is 0. The maximum atomic E-state index is 14.0. The number of Topliss-reactive ketones (excluding diaryl/α,β-unsaturated/α-hetero) is 1. The minimum absolute atomic E-state index is 0.0345. The Hall–Kier alpha value is -0.410. The molecule has 3 nitrogen and oxygen atoms in total. The lowest BCUT2D eigenvalue weighted by molar-refractivity contribution is -0.261. The summed E-state index contributed by atoms with van der Waals surface area (Å²) in [6, 6.07) is 0. The molecule has 6 aliphatic carbocycles. The summed E-state index contributed by atoms with van der Waals surface area (Å²) in [5.74, 6) is 2.21. The van der Waals surface area contributed by atoms with E-state index in [0.29, 0.717) is 35.1 Å². The van der Waals surface area contributed by atoms with Crippen LogP contribution in [0.3, 0.4) is 0 Å². The van der Waals surface area contributed by atoms with E-state index in [2.05, 4.69) is 48.5 Å². The van der Waals surface area contributed by atoms with Crippen molar-refractivity contribution in [1.29, 1.82) is 0 Å². The number of epoxide rings is 1. The molecule has 1 heterocycles. The first-order valence-corrected chi connectivity index (χ1v) is 14.6. The molecule has 1 saturated heterocycles. The van der Waals surface area contributed by atoms with Gasteiger partial charge in [-0.2, -0.15) is 0 Å². The van der Waals surface area contributed by atoms with E-state index in [0.717, 1.165) is 32.1 Å². The highest BCUT2D eigenvalue weighted by molar-refractivity contribution is 5.90. The lowest BCUT2D eigenvalue weighted by Gasteiger charge is -2.74. The summed E-state index contributed by atoms with van der Waals surface area (Å²) in [6.45, 7) is 17.4. The SMILES string of the molecule is CC1(C)CCC23CCC4(C)C5(C)CCC6C(C)(C)C(O)CCC6(C)C5C5OC5C4(CC2=O)C3C1. The molecule has 1 N–H and O–H groups in total. The minimum Gasteiger partial charge on any atom is -0.393 e. The fraction of sp³-hybridized carbons (Fsp3) is 0.968. The van der Waals surface area contributed by atoms with Gasteiger partial charge in [0.1, 0.15) is 5.78 Å². The quantitative estimate of drug-likeness (QED) is 0.410. The molecule has 11 unspecified atom stereocenters. The molecule has 3 heteroatoms. The number of fused-ring (bicyclic) bond motifs is 6. The van der Waals surface area contributed by atoms with Crippen molar-refractivity contribution in [2.45, 2.75) is 131 Å². The van der Waals surface area contributed by atoms with Gasteiger partial charge in [0.2, 0.25) is 0 Å². The van der Waals surface area contributed by atoms with Crippen LogP contribution in [0.2, 0.25) is 0 Å². The third-order valence-electron chi connectivity index (χ3n) is 14.9. The van der Waals surface area contributed by atoms with Gasteiger partial charge in [0, 0.05) is 17.3 Å². The Morgan fingerprint density at radius 2 is 1.56 bits per heavy atom. The van der Waals surface area contributed by atoms with Crippen LogP contribution < -0.4 is 0 Å². The molecule has 34 heavy (non-hydrogen) atoms. The van der Waals surface area contributed by atoms with Crippen LogP contribution in [0, 0.1) is 55.7 Å². The molecule has 1 spiro atoms. The number of aliphatic hydroxyl groups is 1. The van der Waals surface area contributed by atoms with Gasteiger partial charge < -0.3 is 9.84 Å². The normalized spacial score (nSPS) is 62.5. The number of hydrogen-bond donors (Lipinski definition) is 1. The lowest BCUT2D eigenvalue weighted by Crippen LogP contribution is -2.71. The Labute approximate surface area is 207 Å². The van der Waals surface area contributed by atoms with E-state index in [1.54, 1.807) is 0 Å². The zero-order valence-corrected chi connectivity index (χ0v) is 22.8. The van der Waals surface area contributed by atoms with Gasteiger partial charge in [-0.3, -0.25) is 4.79 Å². The first-order valence-electron chi connectivity index (χ1n) is 14.6. The Balaban J connectivity index is 1.38. The van der Waals surface area contributed by atoms with E-state index in [4.69, 9.17) is 4.74 Å². The molecule has 0 aromatic carbocycles. The van der Waals surface area contributed by atoms with Crippen molar-refractivity contribution in [2.75, 3.05) is 0 Å². The molecule has 11 atom stereocenters. The van der Waals surface area contributed by atoms with Crippen LogP contribution in [-0.2, 0) is 9.53 Å². The maximum Gasteiger partial charge on any atom is 0.140 e. The first-order chi connectivity index (χ1) is 15.7. The van der Waals surface area contributed by atoms with Crippen molar-refractivity contribution >= 4 is 5.78 Å². The van der Waals surface area contributed by atoms with Gasteiger partial charge >= 0.3 is 0 Å². The molecule has 7 fully saturated rings. The molecule has 2 bridgehead atoms. The van der Waals surface area contributed by atoms with Gasteiger partial charge in [0.25, 0.3) is 0 Å². The van der Waals surface area contributed by atoms with Crippen LogP contribution in [0.4, 0.5) is 0 Å². The zero-order chi connectivity index (χ0) is 24.3. The zero-order valence-electron chi connectivity index (χ0n) is 22.8. The highest BCUT2D eigenvalue weighted by atomic mass is 16.6. The Morgan fingerprint density at radius 1 is 0.853 bits per heavy atom. The van der Waals surface area contributed by atoms with E-state index >= 15 is 0 Å². The van der Waals surface area contributed by atoms with E-state index in [9.17, 15) is 9.90 Å². The number of rotatable bonds is 0. The van der Waals surface area contributed by atoms with Crippen LogP contribution in [0.5, 0.6) is 0 Å². The number of aliphatic hydroxyl groups excluding tert-OH is 1. The average molecular weight is 469 g/mol. The monoisotopic (exact) mass is 468 g/mol. The van der Waals surface area contributed by atoms with Crippen molar-refractivity contribution in [3.05, 3.63) is 0 Å². The highest BCUT2D eigenvalue weighted by Gasteiger charge is 2.86. The van der Waals surface area contributed by atoms with E-state index in [-0.39, 0.29) is 44.7 Å². The Bertz CT molecular complexity index is 968. The molecule has 6 saturated carbocycles. The minimum atomic E-state index is -0.191. The Kier molecular flexibility index (Phi) is 4.02. The molecule has 0 aromatic rings. The van der Waals surface area contributed by atoms with Crippen LogP contribution >= 0.6 is 0 Å². The second-order valence-corrected chi connectivity index (χ2v) is 16.4. The molecule has 0 aromatic heterocycles. The maximum absolute atomic E-state index is 14.0. The van der Waals surface area contributed by atoms with Crippen LogP contribution in [0.15, 0.2) is 0 Å². The molecule has 1 aliphatic heterocycles. The molecule has 0 radical (unpaired) electrons. The molecular weight excluding hydrogens is 420 g/mol. The fourth-order valence-corrected chi connectivity index (χ4v) is 12.9. The van der Waals surface area contributed by atoms with E-state index < -0.39 is 0 Å². The fourth-order valence-electron chi connectivity index (χ4n) is 12.9. The number of carbonyl (C=O) groups is 1. The summed E-state index contributed by atoms with van der Waals surface area (Å²) in [5.41, 5.74) is 0.863.